The fourth-order valence-electron chi connectivity index (χ4n) is 2.32. The van der Waals surface area contributed by atoms with Crippen LogP contribution in [0, 0.1) is 23.3 Å². The minimum Gasteiger partial charge on any atom is -0.357 e. The van der Waals surface area contributed by atoms with Crippen LogP contribution in [0.15, 0.2) is 41.4 Å². The summed E-state index contributed by atoms with van der Waals surface area (Å²) >= 11 is 0. The summed E-state index contributed by atoms with van der Waals surface area (Å²) < 4.78 is 52.8. The molecule has 5 nitrogen and oxygen atoms in total. The second-order valence-electron chi connectivity index (χ2n) is 5.77. The van der Waals surface area contributed by atoms with Crippen molar-refractivity contribution < 1.29 is 22.4 Å². The first-order valence-electron chi connectivity index (χ1n) is 8.60. The molecule has 0 aromatic heterocycles. The van der Waals surface area contributed by atoms with Gasteiger partial charge in [-0.15, -0.1) is 24.0 Å². The number of aliphatic imine (C=N–C) groups is 1. The van der Waals surface area contributed by atoms with Crippen LogP contribution in [-0.4, -0.2) is 31.5 Å². The van der Waals surface area contributed by atoms with Gasteiger partial charge in [-0.05, 0) is 43.2 Å². The Morgan fingerprint density at radius 2 is 1.79 bits per heavy atom. The predicted octanol–water partition coefficient (Wildman–Crippen LogP) is 3.60. The topological polar surface area (TPSA) is 65.5 Å². The number of anilines is 1. The van der Waals surface area contributed by atoms with Crippen LogP contribution in [0.4, 0.5) is 23.2 Å². The van der Waals surface area contributed by atoms with E-state index in [1.165, 1.54) is 12.1 Å². The summed E-state index contributed by atoms with van der Waals surface area (Å²) in [5.74, 6) is -5.16. The van der Waals surface area contributed by atoms with Gasteiger partial charge in [-0.1, -0.05) is 12.1 Å². The summed E-state index contributed by atoms with van der Waals surface area (Å²) in [6.07, 6.45) is 0.536. The highest BCUT2D eigenvalue weighted by Gasteiger charge is 2.15. The highest BCUT2D eigenvalue weighted by molar-refractivity contribution is 14.0. The highest BCUT2D eigenvalue weighted by atomic mass is 127. The highest BCUT2D eigenvalue weighted by Crippen LogP contribution is 2.19. The van der Waals surface area contributed by atoms with Crippen molar-refractivity contribution in [1.82, 2.24) is 10.6 Å². The predicted molar refractivity (Wildman–Crippen MR) is 114 cm³/mol. The Morgan fingerprint density at radius 1 is 1.03 bits per heavy atom. The number of guanidine groups is 1. The first-order chi connectivity index (χ1) is 13.4. The molecule has 0 aliphatic carbocycles. The van der Waals surface area contributed by atoms with Crippen molar-refractivity contribution >= 4 is 41.5 Å². The molecule has 2 aromatic carbocycles. The number of carbonyl (C=O) groups is 1. The first kappa shape index (κ1) is 24.7. The summed E-state index contributed by atoms with van der Waals surface area (Å²) in [6, 6.07) is 7.84. The SMILES string of the molecule is CCNC(=NCC(=O)Nc1ccc(F)c(F)c1F)NCCc1cccc(F)c1.I. The van der Waals surface area contributed by atoms with E-state index in [9.17, 15) is 22.4 Å². The normalized spacial score (nSPS) is 10.9. The van der Waals surface area contributed by atoms with Crippen LogP contribution < -0.4 is 16.0 Å². The number of hydrogen-bond donors (Lipinski definition) is 3. The lowest BCUT2D eigenvalue weighted by Crippen LogP contribution is -2.39. The van der Waals surface area contributed by atoms with E-state index in [1.54, 1.807) is 12.1 Å². The Bertz CT molecular complexity index is 864. The third-order valence-corrected chi connectivity index (χ3v) is 3.63. The quantitative estimate of drug-likeness (QED) is 0.171. The summed E-state index contributed by atoms with van der Waals surface area (Å²) in [6.45, 7) is 2.44. The molecule has 0 heterocycles. The van der Waals surface area contributed by atoms with E-state index < -0.39 is 29.0 Å². The van der Waals surface area contributed by atoms with E-state index in [1.807, 2.05) is 6.92 Å². The smallest absolute Gasteiger partial charge is 0.246 e. The molecule has 0 unspecified atom stereocenters. The van der Waals surface area contributed by atoms with Crippen molar-refractivity contribution in [2.24, 2.45) is 4.99 Å². The molecule has 0 aliphatic heterocycles. The van der Waals surface area contributed by atoms with Crippen LogP contribution in [0.1, 0.15) is 12.5 Å². The van der Waals surface area contributed by atoms with Gasteiger partial charge in [0.15, 0.2) is 23.4 Å². The molecule has 0 radical (unpaired) electrons. The van der Waals surface area contributed by atoms with Gasteiger partial charge in [0.25, 0.3) is 0 Å². The van der Waals surface area contributed by atoms with Gasteiger partial charge in [-0.3, -0.25) is 4.79 Å². The van der Waals surface area contributed by atoms with Crippen LogP contribution in [0.3, 0.4) is 0 Å². The standard InChI is InChI=1S/C19H20F4N4O.HI/c1-2-24-19(25-9-8-12-4-3-5-13(20)10-12)26-11-16(28)27-15-7-6-14(21)17(22)18(15)23;/h3-7,10H,2,8-9,11H2,1H3,(H,27,28)(H2,24,25,26);1H. The van der Waals surface area contributed by atoms with E-state index in [-0.39, 0.29) is 36.3 Å². The Hall–Kier alpha value is -2.37. The van der Waals surface area contributed by atoms with Crippen LogP contribution in [0.2, 0.25) is 0 Å². The van der Waals surface area contributed by atoms with Gasteiger partial charge in [0.1, 0.15) is 12.4 Å². The molecule has 0 spiro atoms. The average Bonchev–Trinajstić information content (AvgIpc) is 2.66. The number of amides is 1. The minimum atomic E-state index is -1.66. The molecule has 1 amide bonds. The molecule has 0 bridgehead atoms. The maximum Gasteiger partial charge on any atom is 0.246 e. The summed E-state index contributed by atoms with van der Waals surface area (Å²) in [7, 11) is 0. The number of nitrogens with zero attached hydrogens (tertiary/aromatic N) is 1. The summed E-state index contributed by atoms with van der Waals surface area (Å²) in [5.41, 5.74) is 0.332. The van der Waals surface area contributed by atoms with E-state index in [0.717, 1.165) is 17.7 Å². The van der Waals surface area contributed by atoms with Gasteiger partial charge in [0, 0.05) is 13.1 Å². The largest absolute Gasteiger partial charge is 0.357 e. The molecule has 0 saturated heterocycles. The van der Waals surface area contributed by atoms with Crippen molar-refractivity contribution in [3.63, 3.8) is 0 Å². The molecule has 29 heavy (non-hydrogen) atoms. The monoisotopic (exact) mass is 524 g/mol. The van der Waals surface area contributed by atoms with E-state index in [4.69, 9.17) is 0 Å². The third kappa shape index (κ3) is 7.87. The lowest BCUT2D eigenvalue weighted by atomic mass is 10.1. The Kier molecular flexibility index (Phi) is 10.4. The maximum absolute atomic E-state index is 13.6. The van der Waals surface area contributed by atoms with Gasteiger partial charge in [-0.25, -0.2) is 22.6 Å². The fraction of sp³-hybridized carbons (Fsp3) is 0.263. The lowest BCUT2D eigenvalue weighted by molar-refractivity contribution is -0.114. The maximum atomic E-state index is 13.6. The van der Waals surface area contributed by atoms with Crippen molar-refractivity contribution in [3.05, 3.63) is 65.2 Å². The second-order valence-corrected chi connectivity index (χ2v) is 5.77. The zero-order valence-electron chi connectivity index (χ0n) is 15.6. The molecular weight excluding hydrogens is 503 g/mol. The number of carbonyl (C=O) groups excluding carboxylic acids is 1. The zero-order chi connectivity index (χ0) is 20.5. The third-order valence-electron chi connectivity index (χ3n) is 3.63. The number of rotatable bonds is 7. The second kappa shape index (κ2) is 12.2. The Labute approximate surface area is 183 Å². The molecule has 2 rings (SSSR count). The molecular formula is C19H21F4IN4O. The summed E-state index contributed by atoms with van der Waals surface area (Å²) in [5, 5.41) is 8.06. The minimum absolute atomic E-state index is 0. The van der Waals surface area contributed by atoms with Crippen LogP contribution >= 0.6 is 24.0 Å². The Balaban J connectivity index is 0.00000420. The molecule has 10 heteroatoms. The van der Waals surface area contributed by atoms with Crippen molar-refractivity contribution in [2.75, 3.05) is 25.0 Å². The molecule has 0 saturated carbocycles. The molecule has 0 aliphatic rings. The average molecular weight is 524 g/mol. The van der Waals surface area contributed by atoms with E-state index in [2.05, 4.69) is 20.9 Å². The van der Waals surface area contributed by atoms with E-state index in [0.29, 0.717) is 25.5 Å². The molecule has 3 N–H and O–H groups in total. The lowest BCUT2D eigenvalue weighted by Gasteiger charge is -2.11. The van der Waals surface area contributed by atoms with Crippen LogP contribution in [0.25, 0.3) is 0 Å². The van der Waals surface area contributed by atoms with Gasteiger partial charge in [0.05, 0.1) is 5.69 Å². The van der Waals surface area contributed by atoms with Gasteiger partial charge in [0.2, 0.25) is 5.91 Å². The number of halogens is 5. The summed E-state index contributed by atoms with van der Waals surface area (Å²) in [4.78, 5) is 16.0. The zero-order valence-corrected chi connectivity index (χ0v) is 17.9. The molecule has 0 fully saturated rings. The molecule has 0 atom stereocenters. The Morgan fingerprint density at radius 3 is 2.48 bits per heavy atom. The van der Waals surface area contributed by atoms with Crippen molar-refractivity contribution in [3.8, 4) is 0 Å². The number of nitrogens with one attached hydrogen (secondary N) is 3. The van der Waals surface area contributed by atoms with Crippen molar-refractivity contribution in [1.29, 1.82) is 0 Å². The van der Waals surface area contributed by atoms with Crippen LogP contribution in [-0.2, 0) is 11.2 Å². The molecule has 158 valence electrons. The van der Waals surface area contributed by atoms with Crippen LogP contribution in [0.5, 0.6) is 0 Å². The number of hydrogen-bond acceptors (Lipinski definition) is 2. The number of benzene rings is 2. The van der Waals surface area contributed by atoms with Gasteiger partial charge in [-0.2, -0.15) is 0 Å². The van der Waals surface area contributed by atoms with Gasteiger partial charge < -0.3 is 16.0 Å². The van der Waals surface area contributed by atoms with Crippen molar-refractivity contribution in [2.45, 2.75) is 13.3 Å². The van der Waals surface area contributed by atoms with Gasteiger partial charge >= 0.3 is 0 Å². The fourth-order valence-corrected chi connectivity index (χ4v) is 2.32. The van der Waals surface area contributed by atoms with E-state index >= 15 is 0 Å². The first-order valence-corrected chi connectivity index (χ1v) is 8.60. The molecule has 2 aromatic rings.